The summed E-state index contributed by atoms with van der Waals surface area (Å²) in [6.45, 7) is 0. The van der Waals surface area contributed by atoms with Crippen molar-refractivity contribution in [2.45, 2.75) is 0 Å². The normalized spacial score (nSPS) is 16.7. The number of anilines is 1. The van der Waals surface area contributed by atoms with Crippen LogP contribution in [0.5, 0.6) is 0 Å². The fraction of sp³-hybridized carbons (Fsp3) is 0. The molecule has 2 aromatic rings. The average Bonchev–Trinajstić information content (AvgIpc) is 2.54. The number of thiocarbonyl (C=S) groups is 1. The summed E-state index contributed by atoms with van der Waals surface area (Å²) < 4.78 is 0. The van der Waals surface area contributed by atoms with Gasteiger partial charge in [-0.15, -0.1) is 0 Å². The van der Waals surface area contributed by atoms with Crippen LogP contribution in [-0.4, -0.2) is 16.9 Å². The summed E-state index contributed by atoms with van der Waals surface area (Å²) in [4.78, 5) is 26.1. The van der Waals surface area contributed by atoms with Gasteiger partial charge < -0.3 is 0 Å². The van der Waals surface area contributed by atoms with E-state index in [-0.39, 0.29) is 10.7 Å². The van der Waals surface area contributed by atoms with Gasteiger partial charge in [-0.25, -0.2) is 0 Å². The molecule has 6 heteroatoms. The SMILES string of the molecule is O=C1NC(=S)N(c2ccccc2)C(=O)/C1=C/c1ccc(Cl)cc1. The molecule has 0 unspecified atom stereocenters. The van der Waals surface area contributed by atoms with Crippen LogP contribution in [0.1, 0.15) is 5.56 Å². The van der Waals surface area contributed by atoms with Crippen LogP contribution in [0.3, 0.4) is 0 Å². The minimum Gasteiger partial charge on any atom is -0.298 e. The third-order valence-electron chi connectivity index (χ3n) is 3.30. The maximum Gasteiger partial charge on any atom is 0.270 e. The van der Waals surface area contributed by atoms with Crippen LogP contribution in [0, 0.1) is 0 Å². The number of halogens is 1. The Morgan fingerprint density at radius 1 is 1.00 bits per heavy atom. The van der Waals surface area contributed by atoms with Crippen molar-refractivity contribution in [2.24, 2.45) is 0 Å². The highest BCUT2D eigenvalue weighted by Crippen LogP contribution is 2.22. The molecule has 0 spiro atoms. The maximum atomic E-state index is 12.7. The molecule has 1 fully saturated rings. The molecule has 0 saturated carbocycles. The molecule has 1 N–H and O–H groups in total. The van der Waals surface area contributed by atoms with Gasteiger partial charge in [-0.05, 0) is 48.1 Å². The number of hydrogen-bond acceptors (Lipinski definition) is 3. The molecule has 1 heterocycles. The van der Waals surface area contributed by atoms with Gasteiger partial charge in [0, 0.05) is 5.02 Å². The highest BCUT2D eigenvalue weighted by Gasteiger charge is 2.34. The lowest BCUT2D eigenvalue weighted by Gasteiger charge is -2.28. The number of benzene rings is 2. The Bertz CT molecular complexity index is 816. The van der Waals surface area contributed by atoms with Gasteiger partial charge in [0.25, 0.3) is 11.8 Å². The zero-order chi connectivity index (χ0) is 16.4. The van der Waals surface area contributed by atoms with Gasteiger partial charge in [-0.2, -0.15) is 0 Å². The lowest BCUT2D eigenvalue weighted by Crippen LogP contribution is -2.54. The van der Waals surface area contributed by atoms with Gasteiger partial charge in [0.1, 0.15) is 5.57 Å². The highest BCUT2D eigenvalue weighted by atomic mass is 35.5. The fourth-order valence-electron chi connectivity index (χ4n) is 2.19. The first-order valence-electron chi connectivity index (χ1n) is 6.78. The van der Waals surface area contributed by atoms with Crippen LogP contribution in [0.2, 0.25) is 5.02 Å². The van der Waals surface area contributed by atoms with Gasteiger partial charge in [-0.3, -0.25) is 19.8 Å². The van der Waals surface area contributed by atoms with Crippen LogP contribution in [0.15, 0.2) is 60.2 Å². The zero-order valence-electron chi connectivity index (χ0n) is 11.8. The first kappa shape index (κ1) is 15.4. The minimum absolute atomic E-state index is 0.0183. The number of amides is 2. The van der Waals surface area contributed by atoms with Crippen LogP contribution in [0.4, 0.5) is 5.69 Å². The predicted octanol–water partition coefficient (Wildman–Crippen LogP) is 3.17. The molecule has 3 rings (SSSR count). The summed E-state index contributed by atoms with van der Waals surface area (Å²) >= 11 is 11.0. The number of rotatable bonds is 2. The molecular weight excluding hydrogens is 332 g/mol. The molecule has 0 radical (unpaired) electrons. The van der Waals surface area contributed by atoms with E-state index in [1.165, 1.54) is 11.0 Å². The number of hydrogen-bond donors (Lipinski definition) is 1. The lowest BCUT2D eigenvalue weighted by molar-refractivity contribution is -0.122. The average molecular weight is 343 g/mol. The Morgan fingerprint density at radius 3 is 2.30 bits per heavy atom. The molecule has 0 bridgehead atoms. The largest absolute Gasteiger partial charge is 0.298 e. The van der Waals surface area contributed by atoms with Crippen molar-refractivity contribution in [3.63, 3.8) is 0 Å². The maximum absolute atomic E-state index is 12.7. The van der Waals surface area contributed by atoms with E-state index >= 15 is 0 Å². The minimum atomic E-state index is -0.512. The van der Waals surface area contributed by atoms with Gasteiger partial charge in [-0.1, -0.05) is 41.9 Å². The van der Waals surface area contributed by atoms with Crippen LogP contribution >= 0.6 is 23.8 Å². The predicted molar refractivity (Wildman–Crippen MR) is 94.1 cm³/mol. The van der Waals surface area contributed by atoms with Crippen molar-refractivity contribution < 1.29 is 9.59 Å². The Labute approximate surface area is 143 Å². The Kier molecular flexibility index (Phi) is 4.23. The Hall–Kier alpha value is -2.50. The van der Waals surface area contributed by atoms with Crippen molar-refractivity contribution in [3.05, 3.63) is 70.8 Å². The zero-order valence-corrected chi connectivity index (χ0v) is 13.4. The summed E-state index contributed by atoms with van der Waals surface area (Å²) in [6, 6.07) is 15.8. The van der Waals surface area contributed by atoms with Gasteiger partial charge >= 0.3 is 0 Å². The van der Waals surface area contributed by atoms with Crippen molar-refractivity contribution in [1.82, 2.24) is 5.32 Å². The molecule has 1 aliphatic heterocycles. The smallest absolute Gasteiger partial charge is 0.270 e. The number of nitrogens with one attached hydrogen (secondary N) is 1. The monoisotopic (exact) mass is 342 g/mol. The standard InChI is InChI=1S/C17H11ClN2O2S/c18-12-8-6-11(7-9-12)10-14-15(21)19-17(23)20(16(14)22)13-4-2-1-3-5-13/h1-10H,(H,19,21,23)/b14-10+. The summed E-state index contributed by atoms with van der Waals surface area (Å²) in [5.41, 5.74) is 1.32. The number of para-hydroxylation sites is 1. The van der Waals surface area contributed by atoms with Crippen LogP contribution < -0.4 is 10.2 Å². The Morgan fingerprint density at radius 2 is 1.65 bits per heavy atom. The third-order valence-corrected chi connectivity index (χ3v) is 3.83. The fourth-order valence-corrected chi connectivity index (χ4v) is 2.60. The number of carbonyl (C=O) groups is 2. The molecule has 23 heavy (non-hydrogen) atoms. The molecule has 114 valence electrons. The third kappa shape index (κ3) is 3.16. The first-order valence-corrected chi connectivity index (χ1v) is 7.57. The second kappa shape index (κ2) is 6.32. The van der Waals surface area contributed by atoms with E-state index in [9.17, 15) is 9.59 Å². The second-order valence-electron chi connectivity index (χ2n) is 4.84. The van der Waals surface area contributed by atoms with Crippen molar-refractivity contribution in [2.75, 3.05) is 4.90 Å². The van der Waals surface area contributed by atoms with E-state index in [0.29, 0.717) is 16.3 Å². The quantitative estimate of drug-likeness (QED) is 0.518. The highest BCUT2D eigenvalue weighted by molar-refractivity contribution is 7.80. The van der Waals surface area contributed by atoms with Crippen molar-refractivity contribution in [3.8, 4) is 0 Å². The molecule has 1 aliphatic rings. The molecule has 0 aliphatic carbocycles. The van der Waals surface area contributed by atoms with Gasteiger partial charge in [0.15, 0.2) is 5.11 Å². The number of nitrogens with zero attached hydrogens (tertiary/aromatic N) is 1. The molecule has 2 amide bonds. The summed E-state index contributed by atoms with van der Waals surface area (Å²) in [6.07, 6.45) is 1.52. The molecule has 2 aromatic carbocycles. The molecule has 1 saturated heterocycles. The van der Waals surface area contributed by atoms with Crippen molar-refractivity contribution in [1.29, 1.82) is 0 Å². The van der Waals surface area contributed by atoms with Gasteiger partial charge in [0.05, 0.1) is 5.69 Å². The summed E-state index contributed by atoms with van der Waals surface area (Å²) in [7, 11) is 0. The second-order valence-corrected chi connectivity index (χ2v) is 5.67. The first-order chi connectivity index (χ1) is 11.1. The van der Waals surface area contributed by atoms with E-state index in [1.807, 2.05) is 6.07 Å². The molecule has 0 atom stereocenters. The lowest BCUT2D eigenvalue weighted by atomic mass is 10.1. The molecule has 4 nitrogen and oxygen atoms in total. The summed E-state index contributed by atoms with van der Waals surface area (Å²) in [5.74, 6) is -0.970. The van der Waals surface area contributed by atoms with E-state index in [4.69, 9.17) is 23.8 Å². The molecule has 0 aromatic heterocycles. The van der Waals surface area contributed by atoms with E-state index in [1.54, 1.807) is 48.5 Å². The summed E-state index contributed by atoms with van der Waals surface area (Å²) in [5, 5.41) is 3.19. The molecular formula is C17H11ClN2O2S. The topological polar surface area (TPSA) is 49.4 Å². The van der Waals surface area contributed by atoms with E-state index in [2.05, 4.69) is 5.32 Å². The number of carbonyl (C=O) groups excluding carboxylic acids is 2. The Balaban J connectivity index is 2.00. The van der Waals surface area contributed by atoms with Crippen molar-refractivity contribution >= 4 is 52.5 Å². The van der Waals surface area contributed by atoms with E-state index in [0.717, 1.165) is 0 Å². The van der Waals surface area contributed by atoms with Gasteiger partial charge in [0.2, 0.25) is 0 Å². The van der Waals surface area contributed by atoms with Crippen LogP contribution in [0.25, 0.3) is 6.08 Å². The van der Waals surface area contributed by atoms with Crippen LogP contribution in [-0.2, 0) is 9.59 Å². The van der Waals surface area contributed by atoms with E-state index < -0.39 is 11.8 Å².